The Hall–Kier alpha value is -2.43. The molecule has 0 radical (unpaired) electrons. The highest BCUT2D eigenvalue weighted by Crippen LogP contribution is 2.33. The molecule has 0 saturated carbocycles. The Morgan fingerprint density at radius 1 is 1.22 bits per heavy atom. The summed E-state index contributed by atoms with van der Waals surface area (Å²) < 4.78 is 39.2. The Labute approximate surface area is 160 Å². The van der Waals surface area contributed by atoms with E-state index in [9.17, 15) is 22.4 Å². The molecule has 0 saturated heterocycles. The van der Waals surface area contributed by atoms with E-state index in [0.29, 0.717) is 17.1 Å². The Bertz CT molecular complexity index is 1040. The number of halogens is 1. The molecule has 1 heterocycles. The molecule has 7 nitrogen and oxygen atoms in total. The van der Waals surface area contributed by atoms with Crippen LogP contribution in [0.15, 0.2) is 46.2 Å². The van der Waals surface area contributed by atoms with E-state index in [0.717, 1.165) is 21.3 Å². The fourth-order valence-electron chi connectivity index (χ4n) is 2.40. The first-order valence-electron chi connectivity index (χ1n) is 7.78. The monoisotopic (exact) mass is 409 g/mol. The van der Waals surface area contributed by atoms with Crippen LogP contribution < -0.4 is 10.6 Å². The zero-order valence-electron chi connectivity index (χ0n) is 14.4. The average Bonchev–Trinajstić information content (AvgIpc) is 2.61. The summed E-state index contributed by atoms with van der Waals surface area (Å²) in [5, 5.41) is 5.34. The maximum atomic E-state index is 14.0. The first kappa shape index (κ1) is 19.3. The number of sulfonamides is 1. The topological polar surface area (TPSA) is 95.6 Å². The summed E-state index contributed by atoms with van der Waals surface area (Å²) in [7, 11) is -1.47. The Morgan fingerprint density at radius 3 is 2.67 bits per heavy atom. The predicted molar refractivity (Wildman–Crippen MR) is 101 cm³/mol. The number of carbonyl (C=O) groups excluding carboxylic acids is 2. The molecule has 0 fully saturated rings. The number of benzene rings is 2. The number of amides is 2. The maximum absolute atomic E-state index is 14.0. The fourth-order valence-corrected chi connectivity index (χ4v) is 4.18. The van der Waals surface area contributed by atoms with Crippen LogP contribution in [0.5, 0.6) is 0 Å². The van der Waals surface area contributed by atoms with Gasteiger partial charge in [-0.1, -0.05) is 0 Å². The minimum Gasteiger partial charge on any atom is -0.324 e. The lowest BCUT2D eigenvalue weighted by Gasteiger charge is -2.17. The molecule has 0 spiro atoms. The van der Waals surface area contributed by atoms with E-state index in [1.54, 1.807) is 18.2 Å². The molecule has 3 rings (SSSR count). The van der Waals surface area contributed by atoms with Gasteiger partial charge in [-0.2, -0.15) is 0 Å². The molecule has 2 aromatic carbocycles. The number of anilines is 2. The number of carbonyl (C=O) groups is 2. The van der Waals surface area contributed by atoms with Crippen molar-refractivity contribution in [2.24, 2.45) is 0 Å². The Kier molecular flexibility index (Phi) is 5.22. The molecule has 0 aromatic heterocycles. The van der Waals surface area contributed by atoms with Gasteiger partial charge < -0.3 is 10.6 Å². The number of hydrogen-bond donors (Lipinski definition) is 2. The normalized spacial score (nSPS) is 13.9. The van der Waals surface area contributed by atoms with Crippen LogP contribution in [0.1, 0.15) is 10.4 Å². The smallest absolute Gasteiger partial charge is 0.255 e. The van der Waals surface area contributed by atoms with Crippen molar-refractivity contribution < 1.29 is 22.4 Å². The van der Waals surface area contributed by atoms with Crippen LogP contribution in [0.25, 0.3) is 0 Å². The van der Waals surface area contributed by atoms with Crippen LogP contribution in [-0.2, 0) is 14.8 Å². The summed E-state index contributed by atoms with van der Waals surface area (Å²) >= 11 is 1.39. The van der Waals surface area contributed by atoms with Gasteiger partial charge in [0.05, 0.1) is 11.4 Å². The van der Waals surface area contributed by atoms with Crippen LogP contribution in [0, 0.1) is 5.82 Å². The van der Waals surface area contributed by atoms with Gasteiger partial charge in [0.2, 0.25) is 15.9 Å². The zero-order chi connectivity index (χ0) is 19.8. The third kappa shape index (κ3) is 3.97. The lowest BCUT2D eigenvalue weighted by Crippen LogP contribution is -2.24. The van der Waals surface area contributed by atoms with Gasteiger partial charge in [-0.05, 0) is 36.4 Å². The minimum atomic E-state index is -4.03. The molecule has 2 amide bonds. The minimum absolute atomic E-state index is 0.00652. The average molecular weight is 409 g/mol. The van der Waals surface area contributed by atoms with Crippen molar-refractivity contribution in [1.29, 1.82) is 0 Å². The van der Waals surface area contributed by atoms with Gasteiger partial charge in [-0.15, -0.1) is 11.8 Å². The van der Waals surface area contributed by atoms with E-state index < -0.39 is 26.6 Å². The lowest BCUT2D eigenvalue weighted by molar-refractivity contribution is -0.113. The molecular formula is C17H16FN3O4S2. The largest absolute Gasteiger partial charge is 0.324 e. The first-order chi connectivity index (χ1) is 12.7. The summed E-state index contributed by atoms with van der Waals surface area (Å²) in [6, 6.07) is 8.18. The first-order valence-corrected chi connectivity index (χ1v) is 10.2. The molecule has 0 unspecified atom stereocenters. The van der Waals surface area contributed by atoms with E-state index in [-0.39, 0.29) is 11.5 Å². The second kappa shape index (κ2) is 7.29. The molecule has 27 heavy (non-hydrogen) atoms. The number of nitrogens with zero attached hydrogens (tertiary/aromatic N) is 1. The lowest BCUT2D eigenvalue weighted by atomic mass is 10.2. The predicted octanol–water partition coefficient (Wildman–Crippen LogP) is 2.37. The molecule has 1 aliphatic heterocycles. The molecule has 0 bridgehead atoms. The quantitative estimate of drug-likeness (QED) is 0.808. The van der Waals surface area contributed by atoms with E-state index in [1.165, 1.54) is 31.9 Å². The highest BCUT2D eigenvalue weighted by Gasteiger charge is 2.23. The van der Waals surface area contributed by atoms with Crippen LogP contribution in [0.4, 0.5) is 15.8 Å². The second-order valence-electron chi connectivity index (χ2n) is 5.93. The molecule has 10 heteroatoms. The highest BCUT2D eigenvalue weighted by atomic mass is 32.2. The van der Waals surface area contributed by atoms with Gasteiger partial charge in [0.15, 0.2) is 0 Å². The van der Waals surface area contributed by atoms with Crippen LogP contribution in [0.3, 0.4) is 0 Å². The number of rotatable bonds is 4. The van der Waals surface area contributed by atoms with Gasteiger partial charge in [0.25, 0.3) is 5.91 Å². The van der Waals surface area contributed by atoms with Crippen molar-refractivity contribution in [3.63, 3.8) is 0 Å². The van der Waals surface area contributed by atoms with Gasteiger partial charge in [0, 0.05) is 30.2 Å². The van der Waals surface area contributed by atoms with Crippen LogP contribution in [-0.4, -0.2) is 44.4 Å². The fraction of sp³-hybridized carbons (Fsp3) is 0.176. The van der Waals surface area contributed by atoms with Gasteiger partial charge >= 0.3 is 0 Å². The Morgan fingerprint density at radius 2 is 1.96 bits per heavy atom. The Balaban J connectivity index is 1.87. The zero-order valence-corrected chi connectivity index (χ0v) is 16.1. The number of fused-ring (bicyclic) bond motifs is 1. The molecule has 0 aliphatic carbocycles. The van der Waals surface area contributed by atoms with E-state index in [1.807, 2.05) is 0 Å². The van der Waals surface area contributed by atoms with Crippen molar-refractivity contribution in [3.8, 4) is 0 Å². The molecule has 2 aromatic rings. The summed E-state index contributed by atoms with van der Waals surface area (Å²) in [4.78, 5) is 24.3. The van der Waals surface area contributed by atoms with Crippen LogP contribution in [0.2, 0.25) is 0 Å². The number of thioether (sulfide) groups is 1. The van der Waals surface area contributed by atoms with Crippen molar-refractivity contribution in [1.82, 2.24) is 4.31 Å². The van der Waals surface area contributed by atoms with E-state index in [2.05, 4.69) is 10.6 Å². The summed E-state index contributed by atoms with van der Waals surface area (Å²) in [5.74, 6) is -1.33. The summed E-state index contributed by atoms with van der Waals surface area (Å²) in [5.41, 5.74) is 1.000. The second-order valence-corrected chi connectivity index (χ2v) is 9.07. The van der Waals surface area contributed by atoms with Crippen LogP contribution >= 0.6 is 11.8 Å². The number of nitrogens with one attached hydrogen (secondary N) is 2. The van der Waals surface area contributed by atoms with E-state index in [4.69, 9.17) is 0 Å². The molecule has 0 atom stereocenters. The highest BCUT2D eigenvalue weighted by molar-refractivity contribution is 8.00. The number of hydrogen-bond acceptors (Lipinski definition) is 5. The molecular weight excluding hydrogens is 393 g/mol. The summed E-state index contributed by atoms with van der Waals surface area (Å²) in [6.07, 6.45) is 0. The standard InChI is InChI=1S/C17H16FN3O4S2/c1-21(2)27(24,25)15-7-10(3-5-12(15)18)17(23)19-11-4-6-14-13(8-11)20-16(22)9-26-14/h3-8H,9H2,1-2H3,(H,19,23)(H,20,22). The summed E-state index contributed by atoms with van der Waals surface area (Å²) in [6.45, 7) is 0. The van der Waals surface area contributed by atoms with Crippen molar-refractivity contribution in [2.45, 2.75) is 9.79 Å². The maximum Gasteiger partial charge on any atom is 0.255 e. The van der Waals surface area contributed by atoms with Crippen molar-refractivity contribution in [2.75, 3.05) is 30.5 Å². The molecule has 1 aliphatic rings. The SMILES string of the molecule is CN(C)S(=O)(=O)c1cc(C(=O)Nc2ccc3c(c2)NC(=O)CS3)ccc1F. The molecule has 2 N–H and O–H groups in total. The third-order valence-corrected chi connectivity index (χ3v) is 6.73. The van der Waals surface area contributed by atoms with Gasteiger partial charge in [-0.25, -0.2) is 17.1 Å². The van der Waals surface area contributed by atoms with Crippen molar-refractivity contribution >= 4 is 45.0 Å². The van der Waals surface area contributed by atoms with Gasteiger partial charge in [0.1, 0.15) is 10.7 Å². The van der Waals surface area contributed by atoms with E-state index >= 15 is 0 Å². The van der Waals surface area contributed by atoms with Crippen molar-refractivity contribution in [3.05, 3.63) is 47.8 Å². The van der Waals surface area contributed by atoms with Gasteiger partial charge in [-0.3, -0.25) is 9.59 Å². The molecule has 142 valence electrons. The third-order valence-electron chi connectivity index (χ3n) is 3.82.